The van der Waals surface area contributed by atoms with Gasteiger partial charge in [0.05, 0.1) is 11.5 Å². The standard InChI is InChI=1S/C14H27N3O4/c1-11(12(18)19)4-5-15-13(20)17-8-6-16(7-9-17)10-14(2,3)21/h11,21H,4-10H2,1-3H3,(H,15,20)(H,18,19). The first-order chi connectivity index (χ1) is 9.69. The molecule has 3 N–H and O–H groups in total. The molecule has 0 aromatic carbocycles. The van der Waals surface area contributed by atoms with Crippen molar-refractivity contribution in [2.75, 3.05) is 39.3 Å². The zero-order valence-electron chi connectivity index (χ0n) is 13.1. The van der Waals surface area contributed by atoms with Crippen molar-refractivity contribution in [2.24, 2.45) is 5.92 Å². The zero-order chi connectivity index (χ0) is 16.0. The van der Waals surface area contributed by atoms with Crippen molar-refractivity contribution >= 4 is 12.0 Å². The molecule has 1 unspecified atom stereocenters. The van der Waals surface area contributed by atoms with E-state index >= 15 is 0 Å². The quantitative estimate of drug-likeness (QED) is 0.651. The summed E-state index contributed by atoms with van der Waals surface area (Å²) in [5.41, 5.74) is -0.725. The van der Waals surface area contributed by atoms with Gasteiger partial charge in [0.2, 0.25) is 0 Å². The van der Waals surface area contributed by atoms with Crippen LogP contribution in [0.1, 0.15) is 27.2 Å². The van der Waals surface area contributed by atoms with Crippen molar-refractivity contribution in [3.05, 3.63) is 0 Å². The lowest BCUT2D eigenvalue weighted by atomic mass is 10.1. The van der Waals surface area contributed by atoms with Crippen LogP contribution in [-0.2, 0) is 4.79 Å². The van der Waals surface area contributed by atoms with Crippen LogP contribution in [0.15, 0.2) is 0 Å². The third kappa shape index (κ3) is 6.77. The SMILES string of the molecule is CC(CCNC(=O)N1CCN(CC(C)(C)O)CC1)C(=O)O. The van der Waals surface area contributed by atoms with Crippen molar-refractivity contribution in [1.82, 2.24) is 15.1 Å². The van der Waals surface area contributed by atoms with Gasteiger partial charge in [0.15, 0.2) is 0 Å². The average Bonchev–Trinajstić information content (AvgIpc) is 2.37. The Labute approximate surface area is 125 Å². The number of hydrogen-bond donors (Lipinski definition) is 3. The Morgan fingerprint density at radius 3 is 2.29 bits per heavy atom. The molecule has 0 aromatic rings. The molecule has 122 valence electrons. The number of urea groups is 1. The molecular formula is C14H27N3O4. The third-order valence-electron chi connectivity index (χ3n) is 3.55. The number of piperazine rings is 1. The Morgan fingerprint density at radius 1 is 1.24 bits per heavy atom. The van der Waals surface area contributed by atoms with Gasteiger partial charge in [-0.2, -0.15) is 0 Å². The maximum absolute atomic E-state index is 11.9. The number of carbonyl (C=O) groups is 2. The minimum Gasteiger partial charge on any atom is -0.481 e. The lowest BCUT2D eigenvalue weighted by Crippen LogP contribution is -2.54. The van der Waals surface area contributed by atoms with Gasteiger partial charge in [-0.1, -0.05) is 6.92 Å². The molecule has 21 heavy (non-hydrogen) atoms. The van der Waals surface area contributed by atoms with Crippen LogP contribution in [0.4, 0.5) is 4.79 Å². The van der Waals surface area contributed by atoms with Gasteiger partial charge in [-0.3, -0.25) is 9.69 Å². The number of carboxylic acids is 1. The second-order valence-electron chi connectivity index (χ2n) is 6.34. The Hall–Kier alpha value is -1.34. The van der Waals surface area contributed by atoms with E-state index in [0.717, 1.165) is 13.1 Å². The van der Waals surface area contributed by atoms with Gasteiger partial charge in [0.1, 0.15) is 0 Å². The molecule has 1 atom stereocenters. The maximum Gasteiger partial charge on any atom is 0.317 e. The molecule has 0 aromatic heterocycles. The Balaban J connectivity index is 2.24. The Morgan fingerprint density at radius 2 is 1.81 bits per heavy atom. The normalized spacial score (nSPS) is 18.4. The number of aliphatic hydroxyl groups is 1. The number of amides is 2. The van der Waals surface area contributed by atoms with Crippen molar-refractivity contribution in [1.29, 1.82) is 0 Å². The number of carboxylic acid groups (broad SMARTS) is 1. The number of carbonyl (C=O) groups excluding carboxylic acids is 1. The van der Waals surface area contributed by atoms with Gasteiger partial charge in [0, 0.05) is 39.3 Å². The summed E-state index contributed by atoms with van der Waals surface area (Å²) in [4.78, 5) is 26.5. The fourth-order valence-corrected chi connectivity index (χ4v) is 2.29. The van der Waals surface area contributed by atoms with E-state index in [-0.39, 0.29) is 6.03 Å². The second kappa shape index (κ2) is 7.61. The summed E-state index contributed by atoms with van der Waals surface area (Å²) in [7, 11) is 0. The van der Waals surface area contributed by atoms with E-state index < -0.39 is 17.5 Å². The summed E-state index contributed by atoms with van der Waals surface area (Å²) in [5, 5.41) is 21.3. The summed E-state index contributed by atoms with van der Waals surface area (Å²) in [6.07, 6.45) is 0.430. The highest BCUT2D eigenvalue weighted by atomic mass is 16.4. The highest BCUT2D eigenvalue weighted by Gasteiger charge is 2.24. The lowest BCUT2D eigenvalue weighted by Gasteiger charge is -2.37. The number of aliphatic carboxylic acids is 1. The largest absolute Gasteiger partial charge is 0.481 e. The molecule has 1 heterocycles. The number of rotatable bonds is 6. The molecule has 0 saturated carbocycles. The van der Waals surface area contributed by atoms with Gasteiger partial charge in [0.25, 0.3) is 0 Å². The predicted molar refractivity (Wildman–Crippen MR) is 79.1 cm³/mol. The lowest BCUT2D eigenvalue weighted by molar-refractivity contribution is -0.141. The van der Waals surface area contributed by atoms with Crippen molar-refractivity contribution < 1.29 is 19.8 Å². The summed E-state index contributed by atoms with van der Waals surface area (Å²) in [6, 6.07) is -0.143. The molecule has 1 aliphatic rings. The first-order valence-electron chi connectivity index (χ1n) is 7.39. The van der Waals surface area contributed by atoms with Crippen molar-refractivity contribution in [3.8, 4) is 0 Å². The van der Waals surface area contributed by atoms with Gasteiger partial charge in [-0.15, -0.1) is 0 Å². The van der Waals surface area contributed by atoms with Crippen molar-refractivity contribution in [2.45, 2.75) is 32.8 Å². The van der Waals surface area contributed by atoms with Crippen LogP contribution in [0.5, 0.6) is 0 Å². The second-order valence-corrected chi connectivity index (χ2v) is 6.34. The van der Waals surface area contributed by atoms with E-state index in [1.54, 1.807) is 25.7 Å². The predicted octanol–water partition coefficient (Wildman–Crippen LogP) is 0.195. The minimum atomic E-state index is -0.843. The molecule has 0 aliphatic carbocycles. The summed E-state index contributed by atoms with van der Waals surface area (Å²) < 4.78 is 0. The first kappa shape index (κ1) is 17.7. The molecule has 7 heteroatoms. The van der Waals surface area contributed by atoms with E-state index in [9.17, 15) is 14.7 Å². The third-order valence-corrected chi connectivity index (χ3v) is 3.55. The summed E-state index contributed by atoms with van der Waals surface area (Å²) in [6.45, 7) is 8.86. The topological polar surface area (TPSA) is 93.1 Å². The number of β-amino-alcohol motifs (C(OH)–C–C–N with tert-alkyl or cyclic N) is 1. The number of nitrogens with one attached hydrogen (secondary N) is 1. The fourth-order valence-electron chi connectivity index (χ4n) is 2.29. The van der Waals surface area contributed by atoms with Crippen LogP contribution >= 0.6 is 0 Å². The van der Waals surface area contributed by atoms with E-state index in [0.29, 0.717) is 32.6 Å². The van der Waals surface area contributed by atoms with Gasteiger partial charge >= 0.3 is 12.0 Å². The fraction of sp³-hybridized carbons (Fsp3) is 0.857. The summed E-state index contributed by atoms with van der Waals surface area (Å²) >= 11 is 0. The van der Waals surface area contributed by atoms with Crippen LogP contribution in [-0.4, -0.2) is 76.9 Å². The van der Waals surface area contributed by atoms with Crippen molar-refractivity contribution in [3.63, 3.8) is 0 Å². The van der Waals surface area contributed by atoms with Gasteiger partial charge in [-0.25, -0.2) is 4.79 Å². The molecule has 0 radical (unpaired) electrons. The Kier molecular flexibility index (Phi) is 6.42. The first-order valence-corrected chi connectivity index (χ1v) is 7.39. The van der Waals surface area contributed by atoms with Gasteiger partial charge in [-0.05, 0) is 20.3 Å². The van der Waals surface area contributed by atoms with Crippen LogP contribution < -0.4 is 5.32 Å². The van der Waals surface area contributed by atoms with Crippen LogP contribution in [0, 0.1) is 5.92 Å². The zero-order valence-corrected chi connectivity index (χ0v) is 13.1. The number of nitrogens with zero attached hydrogens (tertiary/aromatic N) is 2. The van der Waals surface area contributed by atoms with Crippen LogP contribution in [0.2, 0.25) is 0 Å². The molecule has 0 bridgehead atoms. The molecule has 7 nitrogen and oxygen atoms in total. The Bertz CT molecular complexity index is 360. The molecule has 0 spiro atoms. The molecule has 1 aliphatic heterocycles. The van der Waals surface area contributed by atoms with Crippen LogP contribution in [0.25, 0.3) is 0 Å². The molecular weight excluding hydrogens is 274 g/mol. The van der Waals surface area contributed by atoms with E-state index in [4.69, 9.17) is 5.11 Å². The molecule has 1 saturated heterocycles. The summed E-state index contributed by atoms with van der Waals surface area (Å²) in [5.74, 6) is -1.29. The molecule has 2 amide bonds. The van der Waals surface area contributed by atoms with Gasteiger partial charge < -0.3 is 20.4 Å². The molecule has 1 fully saturated rings. The van der Waals surface area contributed by atoms with Crippen LogP contribution in [0.3, 0.4) is 0 Å². The monoisotopic (exact) mass is 301 g/mol. The average molecular weight is 301 g/mol. The smallest absolute Gasteiger partial charge is 0.317 e. The van der Waals surface area contributed by atoms with E-state index in [2.05, 4.69) is 10.2 Å². The maximum atomic E-state index is 11.9. The highest BCUT2D eigenvalue weighted by Crippen LogP contribution is 2.09. The van der Waals surface area contributed by atoms with E-state index in [1.165, 1.54) is 0 Å². The minimum absolute atomic E-state index is 0.143. The van der Waals surface area contributed by atoms with E-state index in [1.807, 2.05) is 0 Å². The highest BCUT2D eigenvalue weighted by molar-refractivity contribution is 5.74. The molecule has 1 rings (SSSR count). The number of hydrogen-bond acceptors (Lipinski definition) is 4.